The van der Waals surface area contributed by atoms with Crippen LogP contribution in [0.15, 0.2) is 36.4 Å². The van der Waals surface area contributed by atoms with Gasteiger partial charge in [0.15, 0.2) is 11.6 Å². The van der Waals surface area contributed by atoms with Gasteiger partial charge in [-0.2, -0.15) is 0 Å². The molecular weight excluding hydrogens is 251 g/mol. The Labute approximate surface area is 110 Å². The van der Waals surface area contributed by atoms with Gasteiger partial charge in [0.05, 0.1) is 0 Å². The van der Waals surface area contributed by atoms with Crippen molar-refractivity contribution in [3.8, 4) is 16.9 Å². The molecule has 1 aliphatic rings. The van der Waals surface area contributed by atoms with E-state index in [1.54, 1.807) is 6.07 Å². The summed E-state index contributed by atoms with van der Waals surface area (Å²) in [4.78, 5) is 0. The van der Waals surface area contributed by atoms with Crippen molar-refractivity contribution in [2.24, 2.45) is 0 Å². The first kappa shape index (κ1) is 11.5. The van der Waals surface area contributed by atoms with Crippen molar-refractivity contribution in [1.29, 1.82) is 0 Å². The van der Waals surface area contributed by atoms with E-state index in [0.717, 1.165) is 23.1 Å². The van der Waals surface area contributed by atoms with E-state index in [2.05, 4.69) is 0 Å². The molecule has 18 heavy (non-hydrogen) atoms. The van der Waals surface area contributed by atoms with Gasteiger partial charge in [0.25, 0.3) is 0 Å². The molecule has 92 valence electrons. The fraction of sp³-hybridized carbons (Fsp3) is 0.200. The Hall–Kier alpha value is -1.54. The van der Waals surface area contributed by atoms with Crippen molar-refractivity contribution in [2.75, 3.05) is 0 Å². The molecule has 2 aromatic rings. The van der Waals surface area contributed by atoms with E-state index in [1.807, 2.05) is 31.2 Å². The van der Waals surface area contributed by atoms with Crippen LogP contribution in [0.1, 0.15) is 12.5 Å². The zero-order valence-electron chi connectivity index (χ0n) is 9.91. The van der Waals surface area contributed by atoms with Gasteiger partial charge in [-0.05, 0) is 42.3 Å². The lowest BCUT2D eigenvalue weighted by Crippen LogP contribution is -2.05. The van der Waals surface area contributed by atoms with Crippen LogP contribution in [-0.4, -0.2) is 6.10 Å². The predicted molar refractivity (Wildman–Crippen MR) is 70.6 cm³/mol. The first-order valence-electron chi connectivity index (χ1n) is 5.88. The summed E-state index contributed by atoms with van der Waals surface area (Å²) in [6.07, 6.45) is 0.796. The predicted octanol–water partition coefficient (Wildman–Crippen LogP) is 4.47. The smallest absolute Gasteiger partial charge is 0.165 e. The second-order valence-electron chi connectivity index (χ2n) is 4.59. The molecule has 0 bridgehead atoms. The lowest BCUT2D eigenvalue weighted by atomic mass is 10.0. The van der Waals surface area contributed by atoms with Crippen LogP contribution >= 0.6 is 11.6 Å². The molecular formula is C15H12ClFO. The number of fused-ring (bicyclic) bond motifs is 1. The summed E-state index contributed by atoms with van der Waals surface area (Å²) in [5.41, 5.74) is 2.69. The molecule has 0 fully saturated rings. The summed E-state index contributed by atoms with van der Waals surface area (Å²) < 4.78 is 19.4. The van der Waals surface area contributed by atoms with Crippen molar-refractivity contribution >= 4 is 11.6 Å². The van der Waals surface area contributed by atoms with Crippen LogP contribution < -0.4 is 4.74 Å². The maximum atomic E-state index is 14.0. The Morgan fingerprint density at radius 1 is 1.22 bits per heavy atom. The van der Waals surface area contributed by atoms with Crippen molar-refractivity contribution < 1.29 is 9.13 Å². The number of benzene rings is 2. The van der Waals surface area contributed by atoms with Crippen LogP contribution in [0.2, 0.25) is 5.02 Å². The minimum atomic E-state index is -0.299. The monoisotopic (exact) mass is 262 g/mol. The third kappa shape index (κ3) is 1.97. The SMILES string of the molecule is CC1Cc2cc(-c3cccc(Cl)c3)cc(F)c2O1. The van der Waals surface area contributed by atoms with Gasteiger partial charge in [-0.15, -0.1) is 0 Å². The number of hydrogen-bond donors (Lipinski definition) is 0. The molecule has 0 N–H and O–H groups in total. The Morgan fingerprint density at radius 3 is 2.83 bits per heavy atom. The molecule has 1 heterocycles. The zero-order valence-corrected chi connectivity index (χ0v) is 10.7. The van der Waals surface area contributed by atoms with E-state index in [0.29, 0.717) is 10.8 Å². The highest BCUT2D eigenvalue weighted by Gasteiger charge is 2.23. The van der Waals surface area contributed by atoms with E-state index in [4.69, 9.17) is 16.3 Å². The highest BCUT2D eigenvalue weighted by Crippen LogP contribution is 2.36. The molecule has 1 aliphatic heterocycles. The van der Waals surface area contributed by atoms with Gasteiger partial charge in [-0.25, -0.2) is 4.39 Å². The molecule has 3 heteroatoms. The second-order valence-corrected chi connectivity index (χ2v) is 5.03. The highest BCUT2D eigenvalue weighted by atomic mass is 35.5. The van der Waals surface area contributed by atoms with Gasteiger partial charge in [-0.3, -0.25) is 0 Å². The second kappa shape index (κ2) is 4.29. The van der Waals surface area contributed by atoms with Crippen LogP contribution in [0.4, 0.5) is 4.39 Å². The highest BCUT2D eigenvalue weighted by molar-refractivity contribution is 6.30. The maximum Gasteiger partial charge on any atom is 0.165 e. The van der Waals surface area contributed by atoms with Crippen LogP contribution in [0.5, 0.6) is 5.75 Å². The molecule has 0 aromatic heterocycles. The lowest BCUT2D eigenvalue weighted by Gasteiger charge is -2.07. The number of halogens is 2. The lowest BCUT2D eigenvalue weighted by molar-refractivity contribution is 0.245. The van der Waals surface area contributed by atoms with Crippen molar-refractivity contribution in [3.63, 3.8) is 0 Å². The maximum absolute atomic E-state index is 14.0. The van der Waals surface area contributed by atoms with Gasteiger partial charge in [0.2, 0.25) is 0 Å². The quantitative estimate of drug-likeness (QED) is 0.737. The molecule has 0 radical (unpaired) electrons. The summed E-state index contributed by atoms with van der Waals surface area (Å²) >= 11 is 5.96. The Balaban J connectivity index is 2.10. The third-order valence-electron chi connectivity index (χ3n) is 3.10. The summed E-state index contributed by atoms with van der Waals surface area (Å²) in [5, 5.41) is 0.651. The topological polar surface area (TPSA) is 9.23 Å². The van der Waals surface area contributed by atoms with E-state index in [-0.39, 0.29) is 11.9 Å². The molecule has 2 aromatic carbocycles. The summed E-state index contributed by atoms with van der Waals surface area (Å²) in [5.74, 6) is 0.0973. The zero-order chi connectivity index (χ0) is 12.7. The molecule has 1 atom stereocenters. The number of ether oxygens (including phenoxy) is 1. The molecule has 0 amide bonds. The normalized spacial score (nSPS) is 17.4. The average Bonchev–Trinajstić information content (AvgIpc) is 2.70. The van der Waals surface area contributed by atoms with Gasteiger partial charge in [0, 0.05) is 17.0 Å². The minimum Gasteiger partial charge on any atom is -0.487 e. The molecule has 0 aliphatic carbocycles. The van der Waals surface area contributed by atoms with Gasteiger partial charge in [-0.1, -0.05) is 23.7 Å². The van der Waals surface area contributed by atoms with Crippen molar-refractivity contribution in [2.45, 2.75) is 19.4 Å². The fourth-order valence-electron chi connectivity index (χ4n) is 2.32. The summed E-state index contributed by atoms with van der Waals surface area (Å²) in [7, 11) is 0. The van der Waals surface area contributed by atoms with Gasteiger partial charge < -0.3 is 4.74 Å². The molecule has 1 unspecified atom stereocenters. The fourth-order valence-corrected chi connectivity index (χ4v) is 2.51. The van der Waals surface area contributed by atoms with Gasteiger partial charge >= 0.3 is 0 Å². The first-order valence-corrected chi connectivity index (χ1v) is 6.26. The first-order chi connectivity index (χ1) is 8.63. The van der Waals surface area contributed by atoms with Crippen LogP contribution in [0, 0.1) is 5.82 Å². The van der Waals surface area contributed by atoms with E-state index in [9.17, 15) is 4.39 Å². The Kier molecular flexibility index (Phi) is 2.75. The largest absolute Gasteiger partial charge is 0.487 e. The van der Waals surface area contributed by atoms with E-state index < -0.39 is 0 Å². The molecule has 1 nitrogen and oxygen atoms in total. The van der Waals surface area contributed by atoms with Crippen LogP contribution in [0.3, 0.4) is 0 Å². The number of hydrogen-bond acceptors (Lipinski definition) is 1. The van der Waals surface area contributed by atoms with Crippen molar-refractivity contribution in [3.05, 3.63) is 52.8 Å². The molecule has 3 rings (SSSR count). The van der Waals surface area contributed by atoms with E-state index >= 15 is 0 Å². The summed E-state index contributed by atoms with van der Waals surface area (Å²) in [6.45, 7) is 1.94. The van der Waals surface area contributed by atoms with Crippen LogP contribution in [-0.2, 0) is 6.42 Å². The molecule has 0 spiro atoms. The molecule has 0 saturated heterocycles. The Bertz CT molecular complexity index is 609. The average molecular weight is 263 g/mol. The number of rotatable bonds is 1. The molecule has 0 saturated carbocycles. The van der Waals surface area contributed by atoms with Gasteiger partial charge in [0.1, 0.15) is 6.10 Å². The van der Waals surface area contributed by atoms with Crippen LogP contribution in [0.25, 0.3) is 11.1 Å². The van der Waals surface area contributed by atoms with Crippen molar-refractivity contribution in [1.82, 2.24) is 0 Å². The third-order valence-corrected chi connectivity index (χ3v) is 3.34. The minimum absolute atomic E-state index is 0.0455. The van der Waals surface area contributed by atoms with E-state index in [1.165, 1.54) is 6.07 Å². The standard InChI is InChI=1S/C15H12ClFO/c1-9-5-12-6-11(8-14(17)15(12)18-9)10-3-2-4-13(16)7-10/h2-4,6-9H,5H2,1H3. The summed E-state index contributed by atoms with van der Waals surface area (Å²) in [6, 6.07) is 10.9. The Morgan fingerprint density at radius 2 is 2.06 bits per heavy atom.